The second-order valence-electron chi connectivity index (χ2n) is 7.64. The van der Waals surface area contributed by atoms with Gasteiger partial charge in [0.15, 0.2) is 0 Å². The Morgan fingerprint density at radius 2 is 1.63 bits per heavy atom. The maximum absolute atomic E-state index is 12.9. The van der Waals surface area contributed by atoms with Crippen molar-refractivity contribution < 1.29 is 9.53 Å². The fourth-order valence-electron chi connectivity index (χ4n) is 3.70. The molecule has 3 aromatic carbocycles. The first-order valence-corrected chi connectivity index (χ1v) is 10.7. The minimum absolute atomic E-state index is 0.0421. The van der Waals surface area contributed by atoms with Gasteiger partial charge in [0.2, 0.25) is 5.91 Å². The Hall–Kier alpha value is -2.85. The smallest absolute Gasteiger partial charge is 0.227 e. The molecule has 0 aliphatic carbocycles. The topological polar surface area (TPSA) is 41.6 Å². The number of fused-ring (bicyclic) bond motifs is 1. The van der Waals surface area contributed by atoms with Crippen LogP contribution in [0.1, 0.15) is 43.4 Å². The normalized spacial score (nSPS) is 12.2. The summed E-state index contributed by atoms with van der Waals surface area (Å²) in [6.45, 7) is 9.80. The highest BCUT2D eigenvalue weighted by molar-refractivity contribution is 5.88. The molecule has 158 valence electrons. The SMILES string of the molecule is CCN(CC)Cc1ccccc1CNC(=O)C(C)c1ccc2cc(OC)ccc2c1. The van der Waals surface area contributed by atoms with Crippen LogP contribution in [0.3, 0.4) is 0 Å². The number of hydrogen-bond donors (Lipinski definition) is 1. The largest absolute Gasteiger partial charge is 0.497 e. The first-order valence-electron chi connectivity index (χ1n) is 10.7. The monoisotopic (exact) mass is 404 g/mol. The number of carbonyl (C=O) groups is 1. The average Bonchev–Trinajstić information content (AvgIpc) is 2.80. The Kier molecular flexibility index (Phi) is 7.47. The van der Waals surface area contributed by atoms with E-state index < -0.39 is 0 Å². The van der Waals surface area contributed by atoms with Crippen molar-refractivity contribution in [3.63, 3.8) is 0 Å². The van der Waals surface area contributed by atoms with Gasteiger partial charge in [-0.1, -0.05) is 62.4 Å². The van der Waals surface area contributed by atoms with Crippen LogP contribution in [0, 0.1) is 0 Å². The number of rotatable bonds is 9. The van der Waals surface area contributed by atoms with Crippen LogP contribution in [0.5, 0.6) is 5.75 Å². The van der Waals surface area contributed by atoms with Crippen LogP contribution in [-0.4, -0.2) is 31.0 Å². The molecular weight excluding hydrogens is 372 g/mol. The molecular formula is C26H32N2O2. The molecule has 0 aliphatic heterocycles. The summed E-state index contributed by atoms with van der Waals surface area (Å²) in [5, 5.41) is 5.35. The Morgan fingerprint density at radius 1 is 0.967 bits per heavy atom. The van der Waals surface area contributed by atoms with Crippen molar-refractivity contribution in [1.82, 2.24) is 10.2 Å². The highest BCUT2D eigenvalue weighted by Crippen LogP contribution is 2.25. The van der Waals surface area contributed by atoms with Crippen molar-refractivity contribution >= 4 is 16.7 Å². The van der Waals surface area contributed by atoms with Crippen molar-refractivity contribution in [3.8, 4) is 5.75 Å². The summed E-state index contributed by atoms with van der Waals surface area (Å²) in [4.78, 5) is 15.2. The molecule has 0 radical (unpaired) electrons. The lowest BCUT2D eigenvalue weighted by atomic mass is 9.96. The second-order valence-corrected chi connectivity index (χ2v) is 7.64. The van der Waals surface area contributed by atoms with E-state index in [1.54, 1.807) is 7.11 Å². The molecule has 3 aromatic rings. The van der Waals surface area contributed by atoms with Gasteiger partial charge in [0.25, 0.3) is 0 Å². The minimum Gasteiger partial charge on any atom is -0.497 e. The Morgan fingerprint density at radius 3 is 2.33 bits per heavy atom. The summed E-state index contributed by atoms with van der Waals surface area (Å²) >= 11 is 0. The number of ether oxygens (including phenoxy) is 1. The third-order valence-corrected chi connectivity index (χ3v) is 5.82. The molecule has 0 saturated heterocycles. The maximum atomic E-state index is 12.9. The summed E-state index contributed by atoms with van der Waals surface area (Å²) in [5.41, 5.74) is 3.46. The fraction of sp³-hybridized carbons (Fsp3) is 0.346. The summed E-state index contributed by atoms with van der Waals surface area (Å²) in [6, 6.07) is 20.5. The van der Waals surface area contributed by atoms with Crippen molar-refractivity contribution in [1.29, 1.82) is 0 Å². The molecule has 1 N–H and O–H groups in total. The van der Waals surface area contributed by atoms with Gasteiger partial charge in [0.05, 0.1) is 13.0 Å². The van der Waals surface area contributed by atoms with Crippen LogP contribution in [0.2, 0.25) is 0 Å². The minimum atomic E-state index is -0.216. The van der Waals surface area contributed by atoms with Crippen molar-refractivity contribution in [2.45, 2.75) is 39.8 Å². The Balaban J connectivity index is 1.69. The second kappa shape index (κ2) is 10.3. The summed E-state index contributed by atoms with van der Waals surface area (Å²) < 4.78 is 5.29. The summed E-state index contributed by atoms with van der Waals surface area (Å²) in [5.74, 6) is 0.663. The number of methoxy groups -OCH3 is 1. The van der Waals surface area contributed by atoms with Gasteiger partial charge in [-0.3, -0.25) is 9.69 Å². The van der Waals surface area contributed by atoms with Gasteiger partial charge in [0.1, 0.15) is 5.75 Å². The third-order valence-electron chi connectivity index (χ3n) is 5.82. The van der Waals surface area contributed by atoms with Gasteiger partial charge in [-0.2, -0.15) is 0 Å². The average molecular weight is 405 g/mol. The van der Waals surface area contributed by atoms with E-state index in [1.165, 1.54) is 11.1 Å². The maximum Gasteiger partial charge on any atom is 0.227 e. The first kappa shape index (κ1) is 21.8. The fourth-order valence-corrected chi connectivity index (χ4v) is 3.70. The predicted molar refractivity (Wildman–Crippen MR) is 124 cm³/mol. The highest BCUT2D eigenvalue weighted by Gasteiger charge is 2.16. The number of benzene rings is 3. The van der Waals surface area contributed by atoms with Crippen LogP contribution in [0.15, 0.2) is 60.7 Å². The summed E-state index contributed by atoms with van der Waals surface area (Å²) in [6.07, 6.45) is 0. The number of nitrogens with zero attached hydrogens (tertiary/aromatic N) is 1. The van der Waals surface area contributed by atoms with Crippen molar-refractivity contribution in [2.75, 3.05) is 20.2 Å². The van der Waals surface area contributed by atoms with Gasteiger partial charge < -0.3 is 10.1 Å². The quantitative estimate of drug-likeness (QED) is 0.539. The number of nitrogens with one attached hydrogen (secondary N) is 1. The Bertz CT molecular complexity index is 995. The molecule has 0 bridgehead atoms. The zero-order valence-electron chi connectivity index (χ0n) is 18.4. The van der Waals surface area contributed by atoms with Crippen molar-refractivity contribution in [3.05, 3.63) is 77.4 Å². The zero-order chi connectivity index (χ0) is 21.5. The van der Waals surface area contributed by atoms with Crippen LogP contribution < -0.4 is 10.1 Å². The number of amides is 1. The molecule has 0 fully saturated rings. The van der Waals surface area contributed by atoms with Gasteiger partial charge in [0, 0.05) is 13.1 Å². The van der Waals surface area contributed by atoms with E-state index in [0.717, 1.165) is 41.7 Å². The lowest BCUT2D eigenvalue weighted by Crippen LogP contribution is -2.29. The molecule has 1 atom stereocenters. The van der Waals surface area contributed by atoms with E-state index in [4.69, 9.17) is 4.74 Å². The standard InChI is InChI=1S/C26H32N2O2/c1-5-28(6-2)18-24-10-8-7-9-23(24)17-27-26(29)19(3)20-11-12-22-16-25(30-4)14-13-21(22)15-20/h7-16,19H,5-6,17-18H2,1-4H3,(H,27,29). The molecule has 0 aliphatic rings. The molecule has 0 aromatic heterocycles. The van der Waals surface area contributed by atoms with E-state index in [2.05, 4.69) is 54.4 Å². The molecule has 4 heteroatoms. The van der Waals surface area contributed by atoms with Gasteiger partial charge in [-0.15, -0.1) is 0 Å². The van der Waals surface area contributed by atoms with E-state index in [1.807, 2.05) is 37.3 Å². The summed E-state index contributed by atoms with van der Waals surface area (Å²) in [7, 11) is 1.67. The van der Waals surface area contributed by atoms with Crippen LogP contribution >= 0.6 is 0 Å². The van der Waals surface area contributed by atoms with Gasteiger partial charge >= 0.3 is 0 Å². The molecule has 3 rings (SSSR count). The third kappa shape index (κ3) is 5.19. The molecule has 0 heterocycles. The van der Waals surface area contributed by atoms with Crippen LogP contribution in [0.4, 0.5) is 0 Å². The lowest BCUT2D eigenvalue weighted by Gasteiger charge is -2.20. The molecule has 30 heavy (non-hydrogen) atoms. The van der Waals surface area contributed by atoms with E-state index in [-0.39, 0.29) is 11.8 Å². The predicted octanol–water partition coefficient (Wildman–Crippen LogP) is 5.11. The van der Waals surface area contributed by atoms with Gasteiger partial charge in [-0.25, -0.2) is 0 Å². The number of carbonyl (C=O) groups excluding carboxylic acids is 1. The lowest BCUT2D eigenvalue weighted by molar-refractivity contribution is -0.122. The van der Waals surface area contributed by atoms with Gasteiger partial charge in [-0.05, 0) is 59.6 Å². The molecule has 0 saturated carbocycles. The van der Waals surface area contributed by atoms with Crippen molar-refractivity contribution in [2.24, 2.45) is 0 Å². The van der Waals surface area contributed by atoms with Crippen LogP contribution in [0.25, 0.3) is 10.8 Å². The first-order chi connectivity index (χ1) is 14.5. The molecule has 1 amide bonds. The van der Waals surface area contributed by atoms with Crippen LogP contribution in [-0.2, 0) is 17.9 Å². The zero-order valence-corrected chi connectivity index (χ0v) is 18.4. The van der Waals surface area contributed by atoms with E-state index in [0.29, 0.717) is 6.54 Å². The molecule has 1 unspecified atom stereocenters. The molecule has 4 nitrogen and oxygen atoms in total. The van der Waals surface area contributed by atoms with E-state index >= 15 is 0 Å². The molecule has 0 spiro atoms. The highest BCUT2D eigenvalue weighted by atomic mass is 16.5. The Labute approximate surface area is 179 Å². The van der Waals surface area contributed by atoms with E-state index in [9.17, 15) is 4.79 Å². The number of hydrogen-bond acceptors (Lipinski definition) is 3.